The Morgan fingerprint density at radius 1 is 0.717 bits per heavy atom. The first-order chi connectivity index (χ1) is 20.9. The van der Waals surface area contributed by atoms with Crippen molar-refractivity contribution in [1.82, 2.24) is 0 Å². The molecule has 0 bridgehead atoms. The number of benzene rings is 3. The Bertz CT molecular complexity index is 1670. The fourth-order valence-corrected chi connectivity index (χ4v) is 4.07. The maximum Gasteiger partial charge on any atom is 1.00 e. The van der Waals surface area contributed by atoms with Gasteiger partial charge in [-0.25, -0.2) is 8.42 Å². The number of rotatable bonds is 14. The number of amides is 2. The maximum atomic E-state index is 12.7. The minimum atomic E-state index is -4.65. The number of hydrogen-bond donors (Lipinski definition) is 2. The van der Waals surface area contributed by atoms with Crippen LogP contribution in [0, 0.1) is 0 Å². The van der Waals surface area contributed by atoms with E-state index in [9.17, 15) is 37.4 Å². The van der Waals surface area contributed by atoms with Gasteiger partial charge in [0.05, 0.1) is 28.3 Å². The molecule has 2 unspecified atom stereocenters. The molecule has 0 radical (unpaired) electrons. The second-order valence-corrected chi connectivity index (χ2v) is 10.8. The Labute approximate surface area is 311 Å². The number of Topliss-reactive ketones (excluding diaryl/α,β-unsaturated/α-hetero) is 2. The molecular weight excluding hydrogens is 666 g/mol. The molecule has 16 nitrogen and oxygen atoms in total. The molecule has 3 aromatic carbocycles. The summed E-state index contributed by atoms with van der Waals surface area (Å²) in [6.07, 6.45) is 0. The van der Waals surface area contributed by atoms with Gasteiger partial charge >= 0.3 is 59.1 Å². The molecule has 0 saturated carbocycles. The van der Waals surface area contributed by atoms with E-state index in [0.717, 1.165) is 19.1 Å². The van der Waals surface area contributed by atoms with Crippen molar-refractivity contribution >= 4 is 68.3 Å². The average Bonchev–Trinajstić information content (AvgIpc) is 2.97. The predicted octanol–water partition coefficient (Wildman–Crippen LogP) is -2.81. The molecular formula is C26H22N6Na2O10S2. The van der Waals surface area contributed by atoms with Crippen molar-refractivity contribution in [2.45, 2.75) is 35.7 Å². The van der Waals surface area contributed by atoms with E-state index in [-0.39, 0.29) is 76.2 Å². The van der Waals surface area contributed by atoms with E-state index >= 15 is 0 Å². The van der Waals surface area contributed by atoms with Gasteiger partial charge in [-0.2, -0.15) is 24.8 Å². The third kappa shape index (κ3) is 13.2. The molecule has 20 heteroatoms. The molecule has 0 aliphatic carbocycles. The molecule has 2 atom stereocenters. The van der Waals surface area contributed by atoms with Crippen molar-refractivity contribution in [1.29, 1.82) is 0 Å². The van der Waals surface area contributed by atoms with Crippen LogP contribution in [-0.4, -0.2) is 48.4 Å². The van der Waals surface area contributed by atoms with Crippen LogP contribution in [0.2, 0.25) is 0 Å². The summed E-state index contributed by atoms with van der Waals surface area (Å²) >= 11 is 0.678. The first-order valence-corrected chi connectivity index (χ1v) is 14.4. The van der Waals surface area contributed by atoms with Gasteiger partial charge in [0.2, 0.25) is 12.1 Å². The number of carbonyl (C=O) groups excluding carboxylic acids is 4. The Balaban J connectivity index is 0.00000529. The summed E-state index contributed by atoms with van der Waals surface area (Å²) in [5, 5.41) is 33.4. The van der Waals surface area contributed by atoms with Gasteiger partial charge in [-0.05, 0) is 86.6 Å². The standard InChI is InChI=1S/C26H24N6O10S2.2Na/c1-15(33)23(31-29-19-7-11-21(12-8-19)43-42-41-37)25(35)27-17-3-5-18(6-4-17)28-26(36)24(16(2)34)32-30-20-9-13-22(14-10-20)44(38,39)40;;/h3-14,23-24,37H,1-2H3,(H,27,35)(H,28,36)(H,38,39,40);;/q;2*+1/p-2. The summed E-state index contributed by atoms with van der Waals surface area (Å²) in [6.45, 7) is 2.31. The van der Waals surface area contributed by atoms with E-state index in [4.69, 9.17) is 0 Å². The third-order valence-electron chi connectivity index (χ3n) is 5.38. The average molecular weight is 689 g/mol. The van der Waals surface area contributed by atoms with Crippen LogP contribution < -0.4 is 75.0 Å². The molecule has 0 fully saturated rings. The summed E-state index contributed by atoms with van der Waals surface area (Å²) in [7, 11) is -4.65. The molecule has 3 aromatic rings. The second-order valence-electron chi connectivity index (χ2n) is 8.67. The van der Waals surface area contributed by atoms with Gasteiger partial charge in [-0.1, -0.05) is 0 Å². The van der Waals surface area contributed by atoms with Crippen LogP contribution in [0.15, 0.2) is 103 Å². The Kier molecular flexibility index (Phi) is 17.8. The summed E-state index contributed by atoms with van der Waals surface area (Å²) in [5.74, 6) is -2.77. The van der Waals surface area contributed by atoms with Gasteiger partial charge in [-0.3, -0.25) is 24.2 Å². The number of hydrogen-bond acceptors (Lipinski definition) is 15. The normalized spacial score (nSPS) is 12.4. The summed E-state index contributed by atoms with van der Waals surface area (Å²) < 4.78 is 37.3. The second kappa shape index (κ2) is 19.8. The smallest absolute Gasteiger partial charge is 0.744 e. The number of ketones is 2. The fraction of sp³-hybridized carbons (Fsp3) is 0.154. The Morgan fingerprint density at radius 3 is 1.46 bits per heavy atom. The van der Waals surface area contributed by atoms with Crippen LogP contribution in [-0.2, 0) is 38.7 Å². The van der Waals surface area contributed by atoms with E-state index in [1.807, 2.05) is 0 Å². The van der Waals surface area contributed by atoms with E-state index in [0.29, 0.717) is 22.6 Å². The van der Waals surface area contributed by atoms with Crippen molar-refractivity contribution in [3.63, 3.8) is 0 Å². The predicted molar refractivity (Wildman–Crippen MR) is 151 cm³/mol. The number of carbonyl (C=O) groups is 4. The summed E-state index contributed by atoms with van der Waals surface area (Å²) in [6, 6.07) is 13.3. The number of anilines is 2. The largest absolute Gasteiger partial charge is 1.00 e. The molecule has 2 N–H and O–H groups in total. The zero-order chi connectivity index (χ0) is 32.3. The van der Waals surface area contributed by atoms with Crippen molar-refractivity contribution in [2.24, 2.45) is 20.5 Å². The molecule has 0 aliphatic heterocycles. The SMILES string of the molecule is CC(=O)C(N=Nc1ccc(SOO[O-])cc1)C(=O)Nc1ccc(NC(=O)C(N=Nc2ccc(S(=O)(=O)[O-])cc2)C(C)=O)cc1.[Na+].[Na+]. The van der Waals surface area contributed by atoms with Gasteiger partial charge in [0, 0.05) is 16.3 Å². The van der Waals surface area contributed by atoms with Gasteiger partial charge in [0.15, 0.2) is 11.6 Å². The minimum absolute atomic E-state index is 0. The molecule has 0 aliphatic rings. The molecule has 0 aromatic heterocycles. The number of nitrogens with one attached hydrogen (secondary N) is 2. The van der Waals surface area contributed by atoms with Gasteiger partial charge in [0.25, 0.3) is 11.8 Å². The zero-order valence-electron chi connectivity index (χ0n) is 24.8. The summed E-state index contributed by atoms with van der Waals surface area (Å²) in [4.78, 5) is 49.5. The van der Waals surface area contributed by atoms with Crippen LogP contribution in [0.5, 0.6) is 0 Å². The van der Waals surface area contributed by atoms with Gasteiger partial charge in [-0.15, -0.1) is 0 Å². The summed E-state index contributed by atoms with van der Waals surface area (Å²) in [5.41, 5.74) is 0.946. The monoisotopic (exact) mass is 688 g/mol. The molecule has 0 saturated heterocycles. The quantitative estimate of drug-likeness (QED) is 0.0333. The number of azo groups is 2. The molecule has 230 valence electrons. The topological polar surface area (TPSA) is 240 Å². The van der Waals surface area contributed by atoms with Crippen molar-refractivity contribution in [2.75, 3.05) is 10.6 Å². The van der Waals surface area contributed by atoms with Gasteiger partial charge < -0.3 is 20.4 Å². The van der Waals surface area contributed by atoms with Crippen LogP contribution in [0.1, 0.15) is 13.8 Å². The van der Waals surface area contributed by atoms with Gasteiger partial charge in [0.1, 0.15) is 10.1 Å². The molecule has 0 spiro atoms. The molecule has 3 rings (SSSR count). The Hall–Kier alpha value is -2.72. The van der Waals surface area contributed by atoms with Crippen LogP contribution in [0.4, 0.5) is 22.7 Å². The van der Waals surface area contributed by atoms with E-state index in [2.05, 4.69) is 40.5 Å². The molecule has 46 heavy (non-hydrogen) atoms. The van der Waals surface area contributed by atoms with E-state index < -0.39 is 50.5 Å². The minimum Gasteiger partial charge on any atom is -0.744 e. The zero-order valence-corrected chi connectivity index (χ0v) is 30.4. The Morgan fingerprint density at radius 2 is 1.11 bits per heavy atom. The third-order valence-corrected chi connectivity index (χ3v) is 6.82. The first kappa shape index (κ1) is 41.3. The van der Waals surface area contributed by atoms with Crippen molar-refractivity contribution < 1.29 is 106 Å². The number of nitrogens with zero attached hydrogens (tertiary/aromatic N) is 4. The van der Waals surface area contributed by atoms with E-state index in [1.165, 1.54) is 55.5 Å². The first-order valence-electron chi connectivity index (χ1n) is 12.2. The molecule has 0 heterocycles. The van der Waals surface area contributed by atoms with Crippen LogP contribution in [0.25, 0.3) is 0 Å². The van der Waals surface area contributed by atoms with Crippen molar-refractivity contribution in [3.05, 3.63) is 72.8 Å². The molecule has 2 amide bonds. The fourth-order valence-electron chi connectivity index (χ4n) is 3.24. The van der Waals surface area contributed by atoms with E-state index in [1.54, 1.807) is 12.1 Å². The van der Waals surface area contributed by atoms with Crippen LogP contribution >= 0.6 is 12.0 Å². The maximum absolute atomic E-state index is 12.7. The van der Waals surface area contributed by atoms with Crippen LogP contribution in [0.3, 0.4) is 0 Å². The van der Waals surface area contributed by atoms with Crippen molar-refractivity contribution in [3.8, 4) is 0 Å².